The van der Waals surface area contributed by atoms with Crippen LogP contribution in [0.15, 0.2) is 54.9 Å². The number of ether oxygens (including phenoxy) is 3. The van der Waals surface area contributed by atoms with E-state index in [-0.39, 0.29) is 24.5 Å². The van der Waals surface area contributed by atoms with Crippen LogP contribution < -0.4 is 10.2 Å². The minimum Gasteiger partial charge on any atom is -0.469 e. The Morgan fingerprint density at radius 1 is 0.941 bits per heavy atom. The Morgan fingerprint density at radius 2 is 1.69 bits per heavy atom. The van der Waals surface area contributed by atoms with Crippen LogP contribution >= 0.6 is 0 Å². The molecule has 3 heterocycles. The van der Waals surface area contributed by atoms with Gasteiger partial charge in [-0.2, -0.15) is 0 Å². The van der Waals surface area contributed by atoms with Crippen molar-refractivity contribution >= 4 is 35.6 Å². The number of carbonyl (C=O) groups is 3. The molecule has 1 N–H and O–H groups in total. The number of carbonyl (C=O) groups excluding carboxylic acids is 3. The van der Waals surface area contributed by atoms with E-state index in [0.717, 1.165) is 28.3 Å². The minimum atomic E-state index is -0.635. The number of hydrogen-bond acceptors (Lipinski definition) is 12. The average Bonchev–Trinajstić information content (AvgIpc) is 3.06. The number of rotatable bonds is 11. The summed E-state index contributed by atoms with van der Waals surface area (Å²) in [5.74, 6) is 0.839. The number of pyridine rings is 1. The van der Waals surface area contributed by atoms with E-state index in [2.05, 4.69) is 20.2 Å². The summed E-state index contributed by atoms with van der Waals surface area (Å²) in [6, 6.07) is 13.3. The van der Waals surface area contributed by atoms with E-state index in [1.807, 2.05) is 96.0 Å². The summed E-state index contributed by atoms with van der Waals surface area (Å²) in [6.07, 6.45) is 2.77. The van der Waals surface area contributed by atoms with Crippen molar-refractivity contribution in [3.05, 3.63) is 60.4 Å². The minimum absolute atomic E-state index is 0.0872. The Morgan fingerprint density at radius 3 is 2.35 bits per heavy atom. The second-order valence-electron chi connectivity index (χ2n) is 14.7. The van der Waals surface area contributed by atoms with E-state index in [4.69, 9.17) is 19.2 Å². The molecule has 0 saturated carbocycles. The molecule has 2 amide bonds. The molecule has 14 nitrogen and oxygen atoms in total. The number of esters is 1. The van der Waals surface area contributed by atoms with Crippen molar-refractivity contribution in [3.63, 3.8) is 0 Å². The molecule has 1 saturated heterocycles. The third-order valence-corrected chi connectivity index (χ3v) is 7.98. The van der Waals surface area contributed by atoms with Crippen molar-refractivity contribution in [2.24, 2.45) is 0 Å². The molecule has 1 fully saturated rings. The summed E-state index contributed by atoms with van der Waals surface area (Å²) < 4.78 is 16.0. The van der Waals surface area contributed by atoms with Gasteiger partial charge < -0.3 is 34.2 Å². The molecule has 1 atom stereocenters. The van der Waals surface area contributed by atoms with Crippen LogP contribution in [0.2, 0.25) is 0 Å². The van der Waals surface area contributed by atoms with E-state index in [0.29, 0.717) is 45.2 Å². The standard InChI is InChI=1S/C37H52N8O6/c1-36(2,3)50-34(47)43(8)18-17-42(7)31-14-13-27(23-39-31)30-15-16-38-33(41-30)40-28-12-10-11-26(21-28)24-44-19-20-45(35(48)51-37(4,5)6)29(25-44)22-32(46)49-9/h10-16,21,23,29H,17-20,22,24-25H2,1-9H3,(H,38,40,41). The number of methoxy groups -OCH3 is 1. The fourth-order valence-electron chi connectivity index (χ4n) is 5.40. The number of likely N-dealkylation sites (N-methyl/N-ethyl adjacent to an activating group) is 2. The summed E-state index contributed by atoms with van der Waals surface area (Å²) in [6.45, 7) is 14.3. The molecule has 4 rings (SSSR count). The van der Waals surface area contributed by atoms with Gasteiger partial charge in [-0.05, 0) is 77.4 Å². The van der Waals surface area contributed by atoms with Gasteiger partial charge in [-0.1, -0.05) is 12.1 Å². The van der Waals surface area contributed by atoms with Crippen molar-refractivity contribution in [1.82, 2.24) is 29.7 Å². The van der Waals surface area contributed by atoms with Crippen LogP contribution in [0.1, 0.15) is 53.5 Å². The van der Waals surface area contributed by atoms with Crippen LogP contribution in [0.3, 0.4) is 0 Å². The number of piperazine rings is 1. The third kappa shape index (κ3) is 12.1. The van der Waals surface area contributed by atoms with Gasteiger partial charge >= 0.3 is 18.2 Å². The molecular formula is C37H52N8O6. The highest BCUT2D eigenvalue weighted by molar-refractivity contribution is 5.73. The van der Waals surface area contributed by atoms with E-state index in [1.165, 1.54) is 7.11 Å². The lowest BCUT2D eigenvalue weighted by atomic mass is 10.1. The van der Waals surface area contributed by atoms with Crippen molar-refractivity contribution in [2.45, 2.75) is 71.8 Å². The molecule has 0 aliphatic carbocycles. The lowest BCUT2D eigenvalue weighted by molar-refractivity contribution is -0.142. The second-order valence-corrected chi connectivity index (χ2v) is 14.7. The summed E-state index contributed by atoms with van der Waals surface area (Å²) in [4.78, 5) is 58.6. The Hall–Kier alpha value is -4.98. The number of nitrogens with one attached hydrogen (secondary N) is 1. The first-order valence-corrected chi connectivity index (χ1v) is 17.1. The maximum atomic E-state index is 12.9. The van der Waals surface area contributed by atoms with Crippen LogP contribution in [0.4, 0.5) is 27.0 Å². The molecule has 276 valence electrons. The van der Waals surface area contributed by atoms with Crippen LogP contribution in [-0.2, 0) is 25.5 Å². The third-order valence-electron chi connectivity index (χ3n) is 7.98. The molecule has 51 heavy (non-hydrogen) atoms. The van der Waals surface area contributed by atoms with Gasteiger partial charge in [0.05, 0.1) is 25.3 Å². The number of hydrogen-bond donors (Lipinski definition) is 1. The topological polar surface area (TPSA) is 143 Å². The number of anilines is 3. The first-order chi connectivity index (χ1) is 24.0. The van der Waals surface area contributed by atoms with E-state index in [1.54, 1.807) is 29.2 Å². The lowest BCUT2D eigenvalue weighted by Crippen LogP contribution is -2.56. The summed E-state index contributed by atoms with van der Waals surface area (Å²) >= 11 is 0. The van der Waals surface area contributed by atoms with E-state index < -0.39 is 17.3 Å². The normalized spacial score (nSPS) is 15.2. The van der Waals surface area contributed by atoms with Crippen LogP contribution in [0.5, 0.6) is 0 Å². The maximum Gasteiger partial charge on any atom is 0.410 e. The van der Waals surface area contributed by atoms with E-state index in [9.17, 15) is 14.4 Å². The highest BCUT2D eigenvalue weighted by Crippen LogP contribution is 2.24. The predicted molar refractivity (Wildman–Crippen MR) is 196 cm³/mol. The Kier molecular flexibility index (Phi) is 12.8. The van der Waals surface area contributed by atoms with Gasteiger partial charge in [0.25, 0.3) is 0 Å². The summed E-state index contributed by atoms with van der Waals surface area (Å²) in [5, 5.41) is 3.32. The van der Waals surface area contributed by atoms with Crippen molar-refractivity contribution in [2.75, 3.05) is 64.1 Å². The van der Waals surface area contributed by atoms with Crippen molar-refractivity contribution in [3.8, 4) is 11.3 Å². The maximum absolute atomic E-state index is 12.9. The van der Waals surface area contributed by atoms with Gasteiger partial charge in [-0.3, -0.25) is 9.69 Å². The van der Waals surface area contributed by atoms with Gasteiger partial charge in [0, 0.05) is 77.0 Å². The average molecular weight is 705 g/mol. The zero-order valence-electron chi connectivity index (χ0n) is 31.3. The van der Waals surface area contributed by atoms with Gasteiger partial charge in [0.15, 0.2) is 0 Å². The molecule has 1 unspecified atom stereocenters. The summed E-state index contributed by atoms with van der Waals surface area (Å²) in [5.41, 5.74) is 2.26. The Labute approximate surface area is 301 Å². The number of amides is 2. The molecule has 1 aliphatic rings. The zero-order valence-corrected chi connectivity index (χ0v) is 31.3. The zero-order chi connectivity index (χ0) is 37.3. The van der Waals surface area contributed by atoms with E-state index >= 15 is 0 Å². The fraction of sp³-hybridized carbons (Fsp3) is 0.514. The summed E-state index contributed by atoms with van der Waals surface area (Å²) in [7, 11) is 5.00. The van der Waals surface area contributed by atoms with Crippen molar-refractivity contribution < 1.29 is 28.6 Å². The quantitative estimate of drug-likeness (QED) is 0.197. The van der Waals surface area contributed by atoms with Crippen LogP contribution in [0.25, 0.3) is 11.3 Å². The number of aromatic nitrogens is 3. The molecule has 2 aromatic heterocycles. The molecule has 0 radical (unpaired) electrons. The molecule has 0 bridgehead atoms. The van der Waals surface area contributed by atoms with Gasteiger partial charge in [-0.25, -0.2) is 24.5 Å². The highest BCUT2D eigenvalue weighted by atomic mass is 16.6. The largest absolute Gasteiger partial charge is 0.469 e. The van der Waals surface area contributed by atoms with Gasteiger partial charge in [0.1, 0.15) is 17.0 Å². The predicted octanol–water partition coefficient (Wildman–Crippen LogP) is 5.57. The SMILES string of the molecule is COC(=O)CC1CN(Cc2cccc(Nc3nccc(-c4ccc(N(C)CCN(C)C(=O)OC(C)(C)C)nc4)n3)c2)CCN1C(=O)OC(C)(C)C. The Bertz CT molecular complexity index is 1640. The first kappa shape index (κ1) is 38.8. The van der Waals surface area contributed by atoms with Crippen molar-refractivity contribution in [1.29, 1.82) is 0 Å². The number of benzene rings is 1. The molecule has 1 aromatic carbocycles. The lowest BCUT2D eigenvalue weighted by Gasteiger charge is -2.41. The van der Waals surface area contributed by atoms with Gasteiger partial charge in [0.2, 0.25) is 5.95 Å². The smallest absolute Gasteiger partial charge is 0.410 e. The molecule has 3 aromatic rings. The molecule has 1 aliphatic heterocycles. The monoisotopic (exact) mass is 704 g/mol. The van der Waals surface area contributed by atoms with Crippen LogP contribution in [-0.4, -0.2) is 119 Å². The highest BCUT2D eigenvalue weighted by Gasteiger charge is 2.35. The fourth-order valence-corrected chi connectivity index (χ4v) is 5.40. The second kappa shape index (κ2) is 16.8. The van der Waals surface area contributed by atoms with Crippen LogP contribution in [0, 0.1) is 0 Å². The number of nitrogens with zero attached hydrogens (tertiary/aromatic N) is 7. The first-order valence-electron chi connectivity index (χ1n) is 17.1. The molecule has 14 heteroatoms. The van der Waals surface area contributed by atoms with Gasteiger partial charge in [-0.15, -0.1) is 0 Å². The Balaban J connectivity index is 1.36. The molecule has 0 spiro atoms. The molecular weight excluding hydrogens is 652 g/mol.